The number of hydrogen-bond donors (Lipinski definition) is 1. The highest BCUT2D eigenvalue weighted by molar-refractivity contribution is 8.00. The Hall–Kier alpha value is -0.910. The molecule has 3 unspecified atom stereocenters. The van der Waals surface area contributed by atoms with Crippen LogP contribution < -0.4 is 0 Å². The van der Waals surface area contributed by atoms with E-state index in [-0.39, 0.29) is 11.4 Å². The molecular weight excluding hydrogens is 276 g/mol. The van der Waals surface area contributed by atoms with Crippen molar-refractivity contribution in [3.63, 3.8) is 0 Å². The Balaban J connectivity index is 2.09. The van der Waals surface area contributed by atoms with Crippen LogP contribution in [-0.2, 0) is 4.79 Å². The first-order chi connectivity index (χ1) is 9.58. The van der Waals surface area contributed by atoms with Gasteiger partial charge in [0.05, 0.1) is 5.37 Å². The van der Waals surface area contributed by atoms with Gasteiger partial charge in [-0.05, 0) is 18.8 Å². The van der Waals surface area contributed by atoms with Crippen LogP contribution in [0.4, 0.5) is 4.79 Å². The molecule has 2 fully saturated rings. The van der Waals surface area contributed by atoms with Crippen molar-refractivity contribution in [3.05, 3.63) is 0 Å². The van der Waals surface area contributed by atoms with E-state index in [9.17, 15) is 14.7 Å². The summed E-state index contributed by atoms with van der Waals surface area (Å²) in [6, 6.07) is -0.735. The van der Waals surface area contributed by atoms with Crippen molar-refractivity contribution in [1.29, 1.82) is 0 Å². The van der Waals surface area contributed by atoms with Crippen molar-refractivity contribution in [3.8, 4) is 0 Å². The highest BCUT2D eigenvalue weighted by Gasteiger charge is 2.43. The van der Waals surface area contributed by atoms with E-state index in [0.717, 1.165) is 38.8 Å². The van der Waals surface area contributed by atoms with Gasteiger partial charge in [-0.15, -0.1) is 11.8 Å². The van der Waals surface area contributed by atoms with Gasteiger partial charge in [0.15, 0.2) is 0 Å². The number of nitrogens with zero attached hydrogens (tertiary/aromatic N) is 2. The van der Waals surface area contributed by atoms with Gasteiger partial charge in [-0.25, -0.2) is 9.59 Å². The van der Waals surface area contributed by atoms with E-state index < -0.39 is 12.0 Å². The predicted octanol–water partition coefficient (Wildman–Crippen LogP) is 2.47. The Morgan fingerprint density at radius 3 is 2.65 bits per heavy atom. The summed E-state index contributed by atoms with van der Waals surface area (Å²) in [5.74, 6) is 0.203. The maximum Gasteiger partial charge on any atom is 0.327 e. The van der Waals surface area contributed by atoms with Gasteiger partial charge in [0, 0.05) is 18.8 Å². The Labute approximate surface area is 124 Å². The standard InChI is InChI=1S/C14H24N2O3S/c1-3-5-12-16(11(9-20-12)13(17)18)14(19)15-7-6-10(4-2)8-15/h10-12H,3-9H2,1-2H3,(H,17,18). The average Bonchev–Trinajstić information content (AvgIpc) is 3.04. The Morgan fingerprint density at radius 1 is 1.35 bits per heavy atom. The summed E-state index contributed by atoms with van der Waals surface area (Å²) in [5.41, 5.74) is 0. The van der Waals surface area contributed by atoms with Gasteiger partial charge in [0.2, 0.25) is 0 Å². The molecule has 0 bridgehead atoms. The second-order valence-electron chi connectivity index (χ2n) is 5.63. The predicted molar refractivity (Wildman–Crippen MR) is 79.8 cm³/mol. The molecule has 0 aromatic rings. The molecule has 20 heavy (non-hydrogen) atoms. The van der Waals surface area contributed by atoms with E-state index in [1.807, 2.05) is 4.90 Å². The Kier molecular flexibility index (Phi) is 5.18. The second kappa shape index (κ2) is 6.70. The lowest BCUT2D eigenvalue weighted by Gasteiger charge is -2.31. The topological polar surface area (TPSA) is 60.9 Å². The molecule has 0 spiro atoms. The first kappa shape index (κ1) is 15.5. The van der Waals surface area contributed by atoms with Crippen molar-refractivity contribution < 1.29 is 14.7 Å². The molecule has 0 radical (unpaired) electrons. The fraction of sp³-hybridized carbons (Fsp3) is 0.857. The van der Waals surface area contributed by atoms with E-state index in [1.165, 1.54) is 0 Å². The lowest BCUT2D eigenvalue weighted by atomic mass is 10.1. The average molecular weight is 300 g/mol. The number of rotatable bonds is 4. The van der Waals surface area contributed by atoms with E-state index in [1.54, 1.807) is 16.7 Å². The monoisotopic (exact) mass is 300 g/mol. The number of carboxylic acid groups (broad SMARTS) is 1. The third-order valence-corrected chi connectivity index (χ3v) is 5.62. The third kappa shape index (κ3) is 3.05. The Bertz CT molecular complexity index is 377. The van der Waals surface area contributed by atoms with E-state index in [4.69, 9.17) is 0 Å². The zero-order valence-corrected chi connectivity index (χ0v) is 13.1. The first-order valence-electron chi connectivity index (χ1n) is 7.50. The summed E-state index contributed by atoms with van der Waals surface area (Å²) in [6.07, 6.45) is 3.95. The maximum atomic E-state index is 12.7. The largest absolute Gasteiger partial charge is 0.480 e. The van der Waals surface area contributed by atoms with Crippen LogP contribution in [0.5, 0.6) is 0 Å². The van der Waals surface area contributed by atoms with Crippen LogP contribution in [0.2, 0.25) is 0 Å². The van der Waals surface area contributed by atoms with Crippen molar-refractivity contribution in [2.45, 2.75) is 50.9 Å². The third-order valence-electron chi connectivity index (χ3n) is 4.27. The van der Waals surface area contributed by atoms with Gasteiger partial charge in [-0.1, -0.05) is 26.7 Å². The minimum atomic E-state index is -0.879. The molecule has 2 saturated heterocycles. The van der Waals surface area contributed by atoms with E-state index in [2.05, 4.69) is 13.8 Å². The van der Waals surface area contributed by atoms with Crippen LogP contribution in [0.1, 0.15) is 39.5 Å². The number of carbonyl (C=O) groups is 2. The molecule has 6 heteroatoms. The lowest BCUT2D eigenvalue weighted by Crippen LogP contribution is -2.51. The van der Waals surface area contributed by atoms with Crippen LogP contribution >= 0.6 is 11.8 Å². The van der Waals surface area contributed by atoms with Gasteiger partial charge in [-0.2, -0.15) is 0 Å². The lowest BCUT2D eigenvalue weighted by molar-refractivity contribution is -0.141. The molecule has 2 heterocycles. The molecule has 114 valence electrons. The normalized spacial score (nSPS) is 30.0. The number of hydrogen-bond acceptors (Lipinski definition) is 3. The molecule has 5 nitrogen and oxygen atoms in total. The highest BCUT2D eigenvalue weighted by atomic mass is 32.2. The van der Waals surface area contributed by atoms with Crippen molar-refractivity contribution in [2.24, 2.45) is 5.92 Å². The summed E-state index contributed by atoms with van der Waals surface area (Å²) in [5, 5.41) is 9.36. The number of urea groups is 1. The molecule has 1 N–H and O–H groups in total. The van der Waals surface area contributed by atoms with Crippen molar-refractivity contribution >= 4 is 23.8 Å². The Morgan fingerprint density at radius 2 is 2.10 bits per heavy atom. The molecule has 3 atom stereocenters. The van der Waals surface area contributed by atoms with Crippen LogP contribution in [-0.4, -0.2) is 57.2 Å². The summed E-state index contributed by atoms with van der Waals surface area (Å²) in [6.45, 7) is 5.76. The summed E-state index contributed by atoms with van der Waals surface area (Å²) >= 11 is 1.60. The zero-order chi connectivity index (χ0) is 14.7. The smallest absolute Gasteiger partial charge is 0.327 e. The van der Waals surface area contributed by atoms with Crippen LogP contribution in [0, 0.1) is 5.92 Å². The number of thioether (sulfide) groups is 1. The van der Waals surface area contributed by atoms with Crippen LogP contribution in [0.3, 0.4) is 0 Å². The molecule has 0 aliphatic carbocycles. The van der Waals surface area contributed by atoms with E-state index >= 15 is 0 Å². The summed E-state index contributed by atoms with van der Waals surface area (Å²) in [4.78, 5) is 27.5. The molecule has 2 rings (SSSR count). The molecule has 2 aliphatic heterocycles. The summed E-state index contributed by atoms with van der Waals surface area (Å²) < 4.78 is 0. The van der Waals surface area contributed by atoms with E-state index in [0.29, 0.717) is 11.7 Å². The quantitative estimate of drug-likeness (QED) is 0.866. The number of likely N-dealkylation sites (tertiary alicyclic amines) is 1. The molecule has 0 aromatic heterocycles. The molecular formula is C14H24N2O3S. The molecule has 2 aliphatic rings. The number of aliphatic carboxylic acids is 1. The number of carbonyl (C=O) groups excluding carboxylic acids is 1. The summed E-state index contributed by atoms with van der Waals surface area (Å²) in [7, 11) is 0. The molecule has 0 aromatic carbocycles. The number of amides is 2. The molecule has 2 amide bonds. The minimum absolute atomic E-state index is 0.0225. The van der Waals surface area contributed by atoms with Crippen molar-refractivity contribution in [2.75, 3.05) is 18.8 Å². The van der Waals surface area contributed by atoms with Gasteiger partial charge in [0.1, 0.15) is 6.04 Å². The first-order valence-corrected chi connectivity index (χ1v) is 8.55. The van der Waals surface area contributed by atoms with Crippen LogP contribution in [0.15, 0.2) is 0 Å². The fourth-order valence-corrected chi connectivity index (χ4v) is 4.49. The molecule has 0 saturated carbocycles. The zero-order valence-electron chi connectivity index (χ0n) is 12.2. The van der Waals surface area contributed by atoms with Gasteiger partial charge >= 0.3 is 12.0 Å². The van der Waals surface area contributed by atoms with Crippen molar-refractivity contribution in [1.82, 2.24) is 9.80 Å². The van der Waals surface area contributed by atoms with Crippen LogP contribution in [0.25, 0.3) is 0 Å². The maximum absolute atomic E-state index is 12.7. The minimum Gasteiger partial charge on any atom is -0.480 e. The SMILES string of the molecule is CCCC1SCC(C(=O)O)N1C(=O)N1CCC(CC)C1. The second-order valence-corrected chi connectivity index (χ2v) is 6.84. The number of carboxylic acids is 1. The van der Waals surface area contributed by atoms with Gasteiger partial charge < -0.3 is 10.0 Å². The van der Waals surface area contributed by atoms with Gasteiger partial charge in [-0.3, -0.25) is 4.90 Å². The highest BCUT2D eigenvalue weighted by Crippen LogP contribution is 2.34. The fourth-order valence-electron chi connectivity index (χ4n) is 2.98. The van der Waals surface area contributed by atoms with Gasteiger partial charge in [0.25, 0.3) is 0 Å².